The fourth-order valence-electron chi connectivity index (χ4n) is 4.21. The number of anilines is 1. The van der Waals surface area contributed by atoms with Gasteiger partial charge >= 0.3 is 0 Å². The summed E-state index contributed by atoms with van der Waals surface area (Å²) < 4.78 is 5.46. The van der Waals surface area contributed by atoms with Crippen molar-refractivity contribution >= 4 is 17.7 Å². The van der Waals surface area contributed by atoms with E-state index in [1.54, 1.807) is 6.26 Å². The summed E-state index contributed by atoms with van der Waals surface area (Å²) in [5, 5.41) is 3.29. The van der Waals surface area contributed by atoms with Gasteiger partial charge in [-0.25, -0.2) is 0 Å². The van der Waals surface area contributed by atoms with Crippen molar-refractivity contribution in [2.75, 3.05) is 11.4 Å². The second-order valence-electron chi connectivity index (χ2n) is 7.40. The molecule has 130 valence electrons. The van der Waals surface area contributed by atoms with Crippen LogP contribution < -0.4 is 10.2 Å². The molecule has 2 aliphatic heterocycles. The van der Waals surface area contributed by atoms with Gasteiger partial charge in [0.2, 0.25) is 5.91 Å². The molecule has 1 atom stereocenters. The number of carbonyl (C=O) groups excluding carboxylic acids is 1. The molecule has 1 saturated heterocycles. The van der Waals surface area contributed by atoms with E-state index in [2.05, 4.69) is 55.3 Å². The quantitative estimate of drug-likeness (QED) is 0.925. The highest BCUT2D eigenvalue weighted by Crippen LogP contribution is 2.52. The van der Waals surface area contributed by atoms with Crippen LogP contribution in [-0.4, -0.2) is 18.1 Å². The zero-order valence-electron chi connectivity index (χ0n) is 15.0. The minimum absolute atomic E-state index is 0.0944. The first kappa shape index (κ1) is 16.0. The van der Waals surface area contributed by atoms with E-state index >= 15 is 0 Å². The summed E-state index contributed by atoms with van der Waals surface area (Å²) in [6.07, 6.45) is 7.24. The number of hydrogen-bond donors (Lipinski definition) is 1. The molecule has 1 amide bonds. The summed E-state index contributed by atoms with van der Waals surface area (Å²) >= 11 is 0. The molecule has 4 heteroatoms. The molecule has 1 fully saturated rings. The summed E-state index contributed by atoms with van der Waals surface area (Å²) in [6.45, 7) is 7.31. The topological polar surface area (TPSA) is 45.5 Å². The van der Waals surface area contributed by atoms with Gasteiger partial charge in [0.15, 0.2) is 0 Å². The lowest BCUT2D eigenvalue weighted by molar-refractivity contribution is -0.124. The van der Waals surface area contributed by atoms with Crippen LogP contribution in [0.1, 0.15) is 44.1 Å². The molecule has 1 aromatic carbocycles. The molecule has 3 heterocycles. The van der Waals surface area contributed by atoms with Crippen LogP contribution in [0.15, 0.2) is 47.1 Å². The molecule has 0 aliphatic carbocycles. The van der Waals surface area contributed by atoms with Crippen LogP contribution in [0.5, 0.6) is 0 Å². The molecule has 1 N–H and O–H groups in total. The van der Waals surface area contributed by atoms with Crippen molar-refractivity contribution in [3.05, 3.63) is 59.6 Å². The Morgan fingerprint density at radius 3 is 2.88 bits per heavy atom. The average Bonchev–Trinajstić information content (AvgIpc) is 3.18. The SMILES string of the molecule is CCc1ccc2c(c1)C(C)(C)C1(/C=C/c3ccco3)NC(=O)CCN21. The number of benzene rings is 1. The van der Waals surface area contributed by atoms with Crippen LogP contribution in [0.4, 0.5) is 5.69 Å². The molecule has 1 unspecified atom stereocenters. The number of fused-ring (bicyclic) bond motifs is 3. The lowest BCUT2D eigenvalue weighted by atomic mass is 9.74. The highest BCUT2D eigenvalue weighted by atomic mass is 16.3. The third-order valence-electron chi connectivity index (χ3n) is 5.74. The Kier molecular flexibility index (Phi) is 3.53. The van der Waals surface area contributed by atoms with Crippen molar-refractivity contribution in [2.45, 2.75) is 44.7 Å². The maximum absolute atomic E-state index is 12.3. The van der Waals surface area contributed by atoms with E-state index in [0.717, 1.165) is 18.7 Å². The zero-order chi connectivity index (χ0) is 17.7. The van der Waals surface area contributed by atoms with Gasteiger partial charge in [0.05, 0.1) is 6.26 Å². The second-order valence-corrected chi connectivity index (χ2v) is 7.40. The van der Waals surface area contributed by atoms with E-state index in [-0.39, 0.29) is 11.3 Å². The Hall–Kier alpha value is -2.49. The third kappa shape index (κ3) is 2.24. The summed E-state index contributed by atoms with van der Waals surface area (Å²) in [5.41, 5.74) is 2.99. The molecule has 0 bridgehead atoms. The first-order valence-electron chi connectivity index (χ1n) is 8.93. The molecule has 1 aromatic heterocycles. The van der Waals surface area contributed by atoms with Crippen LogP contribution in [0.3, 0.4) is 0 Å². The predicted molar refractivity (Wildman–Crippen MR) is 99.4 cm³/mol. The van der Waals surface area contributed by atoms with Crippen molar-refractivity contribution in [3.63, 3.8) is 0 Å². The number of rotatable bonds is 3. The van der Waals surface area contributed by atoms with Crippen molar-refractivity contribution < 1.29 is 9.21 Å². The van der Waals surface area contributed by atoms with E-state index < -0.39 is 5.66 Å². The van der Waals surface area contributed by atoms with Gasteiger partial charge in [-0.2, -0.15) is 0 Å². The molecule has 0 spiro atoms. The van der Waals surface area contributed by atoms with Crippen LogP contribution >= 0.6 is 0 Å². The van der Waals surface area contributed by atoms with E-state index in [1.165, 1.54) is 16.8 Å². The van der Waals surface area contributed by atoms with Crippen molar-refractivity contribution in [3.8, 4) is 0 Å². The minimum Gasteiger partial charge on any atom is -0.465 e. The lowest BCUT2D eigenvalue weighted by Crippen LogP contribution is -2.68. The van der Waals surface area contributed by atoms with Gasteiger partial charge in [0.1, 0.15) is 11.4 Å². The Morgan fingerprint density at radius 2 is 2.16 bits per heavy atom. The summed E-state index contributed by atoms with van der Waals surface area (Å²) in [4.78, 5) is 14.7. The van der Waals surface area contributed by atoms with E-state index in [1.807, 2.05) is 18.2 Å². The van der Waals surface area contributed by atoms with Crippen molar-refractivity contribution in [1.82, 2.24) is 5.32 Å². The Balaban J connectivity index is 1.87. The fourth-order valence-corrected chi connectivity index (χ4v) is 4.21. The molecule has 0 radical (unpaired) electrons. The maximum Gasteiger partial charge on any atom is 0.223 e. The Bertz CT molecular complexity index is 836. The predicted octanol–water partition coefficient (Wildman–Crippen LogP) is 3.87. The number of nitrogens with one attached hydrogen (secondary N) is 1. The van der Waals surface area contributed by atoms with E-state index in [0.29, 0.717) is 6.42 Å². The minimum atomic E-state index is -0.580. The highest BCUT2D eigenvalue weighted by molar-refractivity contribution is 5.84. The zero-order valence-corrected chi connectivity index (χ0v) is 15.0. The fraction of sp³-hybridized carbons (Fsp3) is 0.381. The van der Waals surface area contributed by atoms with Crippen molar-refractivity contribution in [1.29, 1.82) is 0 Å². The van der Waals surface area contributed by atoms with Crippen molar-refractivity contribution in [2.24, 2.45) is 0 Å². The van der Waals surface area contributed by atoms with Gasteiger partial charge in [-0.1, -0.05) is 32.9 Å². The van der Waals surface area contributed by atoms with Crippen LogP contribution in [0.2, 0.25) is 0 Å². The summed E-state index contributed by atoms with van der Waals surface area (Å²) in [6, 6.07) is 10.5. The molecular weight excluding hydrogens is 312 g/mol. The Labute approximate surface area is 148 Å². The third-order valence-corrected chi connectivity index (χ3v) is 5.74. The number of hydrogen-bond acceptors (Lipinski definition) is 3. The van der Waals surface area contributed by atoms with Gasteiger partial charge < -0.3 is 14.6 Å². The second kappa shape index (κ2) is 5.51. The first-order chi connectivity index (χ1) is 12.0. The lowest BCUT2D eigenvalue weighted by Gasteiger charge is -2.49. The normalized spacial score (nSPS) is 24.3. The molecule has 4 rings (SSSR count). The molecule has 2 aromatic rings. The number of nitrogens with zero attached hydrogens (tertiary/aromatic N) is 1. The van der Waals surface area contributed by atoms with Gasteiger partial charge in [-0.15, -0.1) is 0 Å². The van der Waals surface area contributed by atoms with Gasteiger partial charge in [-0.3, -0.25) is 4.79 Å². The monoisotopic (exact) mass is 336 g/mol. The summed E-state index contributed by atoms with van der Waals surface area (Å²) in [7, 11) is 0. The number of carbonyl (C=O) groups is 1. The number of furan rings is 1. The van der Waals surface area contributed by atoms with E-state index in [4.69, 9.17) is 4.42 Å². The molecule has 0 saturated carbocycles. The van der Waals surface area contributed by atoms with Gasteiger partial charge in [-0.05, 0) is 47.9 Å². The summed E-state index contributed by atoms with van der Waals surface area (Å²) in [5.74, 6) is 0.882. The highest BCUT2D eigenvalue weighted by Gasteiger charge is 2.57. The Morgan fingerprint density at radius 1 is 1.32 bits per heavy atom. The molecule has 2 aliphatic rings. The largest absolute Gasteiger partial charge is 0.465 e. The van der Waals surface area contributed by atoms with Gasteiger partial charge in [0.25, 0.3) is 0 Å². The van der Waals surface area contributed by atoms with Crippen LogP contribution in [0.25, 0.3) is 6.08 Å². The standard InChI is InChI=1S/C21H24N2O2/c1-4-15-7-8-18-17(14-15)20(2,3)21(11-9-16-6-5-13-25-16)22-19(24)10-12-23(18)21/h5-9,11,13-14H,4,10,12H2,1-3H3,(H,22,24)/b11-9+. The maximum atomic E-state index is 12.3. The van der Waals surface area contributed by atoms with Crippen LogP contribution in [0, 0.1) is 0 Å². The smallest absolute Gasteiger partial charge is 0.223 e. The first-order valence-corrected chi connectivity index (χ1v) is 8.93. The molecular formula is C21H24N2O2. The van der Waals surface area contributed by atoms with E-state index in [9.17, 15) is 4.79 Å². The molecule has 25 heavy (non-hydrogen) atoms. The van der Waals surface area contributed by atoms with Gasteiger partial charge in [0, 0.05) is 24.1 Å². The number of aryl methyl sites for hydroxylation is 1. The average molecular weight is 336 g/mol. The molecule has 4 nitrogen and oxygen atoms in total. The van der Waals surface area contributed by atoms with Crippen LogP contribution in [-0.2, 0) is 16.6 Å². The number of amides is 1.